The molecule has 4 heteroatoms. The molecule has 0 aliphatic heterocycles. The Hall–Kier alpha value is -1.58. The molecule has 19 heavy (non-hydrogen) atoms. The molecule has 104 valence electrons. The van der Waals surface area contributed by atoms with E-state index in [4.69, 9.17) is 0 Å². The average Bonchev–Trinajstić information content (AvgIpc) is 2.46. The first-order chi connectivity index (χ1) is 9.13. The molecule has 0 radical (unpaired) electrons. The van der Waals surface area contributed by atoms with Gasteiger partial charge in [-0.15, -0.1) is 0 Å². The highest BCUT2D eigenvalue weighted by atomic mass is 16.2. The Kier molecular flexibility index (Phi) is 4.40. The van der Waals surface area contributed by atoms with Gasteiger partial charge in [-0.1, -0.05) is 13.3 Å². The number of hydrogen-bond acceptors (Lipinski definition) is 2. The van der Waals surface area contributed by atoms with E-state index < -0.39 is 0 Å². The first kappa shape index (κ1) is 13.8. The molecule has 1 N–H and O–H groups in total. The topological polar surface area (TPSA) is 53.2 Å². The van der Waals surface area contributed by atoms with E-state index in [0.717, 1.165) is 18.8 Å². The van der Waals surface area contributed by atoms with Crippen LogP contribution in [0.25, 0.3) is 0 Å². The van der Waals surface area contributed by atoms with E-state index in [-0.39, 0.29) is 22.9 Å². The summed E-state index contributed by atoms with van der Waals surface area (Å²) < 4.78 is 0. The Labute approximate surface area is 113 Å². The quantitative estimate of drug-likeness (QED) is 0.909. The molecule has 4 nitrogen and oxygen atoms in total. The minimum Gasteiger partial charge on any atom is -0.367 e. The number of carbonyl (C=O) groups is 1. The predicted molar refractivity (Wildman–Crippen MR) is 75.2 cm³/mol. The molecule has 1 fully saturated rings. The SMILES string of the molecule is CCC1CCC(N(C)C(=O)c2c[nH]ccc2=O)CC1. The van der Waals surface area contributed by atoms with Gasteiger partial charge in [-0.3, -0.25) is 9.59 Å². The van der Waals surface area contributed by atoms with Crippen LogP contribution >= 0.6 is 0 Å². The van der Waals surface area contributed by atoms with E-state index in [1.807, 2.05) is 7.05 Å². The van der Waals surface area contributed by atoms with Gasteiger partial charge in [0.2, 0.25) is 0 Å². The largest absolute Gasteiger partial charge is 0.367 e. The third kappa shape index (κ3) is 3.06. The number of hydrogen-bond donors (Lipinski definition) is 1. The zero-order valence-corrected chi connectivity index (χ0v) is 11.7. The summed E-state index contributed by atoms with van der Waals surface area (Å²) in [6.07, 6.45) is 8.73. The van der Waals surface area contributed by atoms with Gasteiger partial charge >= 0.3 is 0 Å². The van der Waals surface area contributed by atoms with Crippen molar-refractivity contribution in [3.8, 4) is 0 Å². The highest BCUT2D eigenvalue weighted by Gasteiger charge is 2.27. The lowest BCUT2D eigenvalue weighted by Crippen LogP contribution is -2.41. The van der Waals surface area contributed by atoms with E-state index in [0.29, 0.717) is 0 Å². The minimum atomic E-state index is -0.210. The molecule has 1 saturated carbocycles. The van der Waals surface area contributed by atoms with Crippen LogP contribution in [0.3, 0.4) is 0 Å². The second-order valence-corrected chi connectivity index (χ2v) is 5.42. The zero-order chi connectivity index (χ0) is 13.8. The van der Waals surface area contributed by atoms with Crippen molar-refractivity contribution < 1.29 is 4.79 Å². The smallest absolute Gasteiger partial charge is 0.259 e. The van der Waals surface area contributed by atoms with Crippen molar-refractivity contribution >= 4 is 5.91 Å². The minimum absolute atomic E-state index is 0.165. The van der Waals surface area contributed by atoms with Gasteiger partial charge in [-0.2, -0.15) is 0 Å². The van der Waals surface area contributed by atoms with Crippen LogP contribution in [0.4, 0.5) is 0 Å². The van der Waals surface area contributed by atoms with Gasteiger partial charge in [-0.05, 0) is 31.6 Å². The normalized spacial score (nSPS) is 23.1. The summed E-state index contributed by atoms with van der Waals surface area (Å²) in [6.45, 7) is 2.23. The highest BCUT2D eigenvalue weighted by molar-refractivity contribution is 5.93. The Balaban J connectivity index is 2.04. The maximum atomic E-state index is 12.3. The summed E-state index contributed by atoms with van der Waals surface area (Å²) in [5.41, 5.74) is 0.0282. The number of amides is 1. The number of nitrogens with one attached hydrogen (secondary N) is 1. The van der Waals surface area contributed by atoms with Crippen molar-refractivity contribution in [2.75, 3.05) is 7.05 Å². The molecule has 1 aromatic rings. The number of aromatic amines is 1. The molecule has 0 atom stereocenters. The second kappa shape index (κ2) is 6.04. The van der Waals surface area contributed by atoms with Crippen LogP contribution in [-0.2, 0) is 0 Å². The number of carbonyl (C=O) groups excluding carboxylic acids is 1. The van der Waals surface area contributed by atoms with Crippen molar-refractivity contribution in [2.45, 2.75) is 45.1 Å². The van der Waals surface area contributed by atoms with Crippen LogP contribution < -0.4 is 5.43 Å². The Bertz CT molecular complexity index is 487. The van der Waals surface area contributed by atoms with Gasteiger partial charge in [0.15, 0.2) is 5.43 Å². The predicted octanol–water partition coefficient (Wildman–Crippen LogP) is 2.42. The van der Waals surface area contributed by atoms with Crippen LogP contribution in [0.1, 0.15) is 49.4 Å². The fourth-order valence-electron chi connectivity index (χ4n) is 2.88. The number of H-pyrrole nitrogens is 1. The summed E-state index contributed by atoms with van der Waals surface area (Å²) in [7, 11) is 1.81. The molecule has 0 bridgehead atoms. The number of rotatable bonds is 3. The third-order valence-corrected chi connectivity index (χ3v) is 4.32. The van der Waals surface area contributed by atoms with E-state index >= 15 is 0 Å². The highest BCUT2D eigenvalue weighted by Crippen LogP contribution is 2.29. The Morgan fingerprint density at radius 2 is 2.05 bits per heavy atom. The average molecular weight is 262 g/mol. The molecule has 1 aromatic heterocycles. The standard InChI is InChI=1S/C15H22N2O2/c1-3-11-4-6-12(7-5-11)17(2)15(19)13-10-16-9-8-14(13)18/h8-12H,3-7H2,1-2H3,(H,16,18). The summed E-state index contributed by atoms with van der Waals surface area (Å²) in [6, 6.07) is 1.67. The molecule has 0 saturated heterocycles. The number of aromatic nitrogens is 1. The van der Waals surface area contributed by atoms with Crippen LogP contribution in [0, 0.1) is 5.92 Å². The zero-order valence-electron chi connectivity index (χ0n) is 11.7. The third-order valence-electron chi connectivity index (χ3n) is 4.32. The number of nitrogens with zero attached hydrogens (tertiary/aromatic N) is 1. The van der Waals surface area contributed by atoms with Crippen molar-refractivity contribution in [1.29, 1.82) is 0 Å². The Morgan fingerprint density at radius 3 is 2.63 bits per heavy atom. The second-order valence-electron chi connectivity index (χ2n) is 5.42. The first-order valence-corrected chi connectivity index (χ1v) is 7.07. The summed E-state index contributed by atoms with van der Waals surface area (Å²) in [5.74, 6) is 0.640. The molecule has 1 aliphatic carbocycles. The van der Waals surface area contributed by atoms with Gasteiger partial charge in [-0.25, -0.2) is 0 Å². The van der Waals surface area contributed by atoms with Crippen molar-refractivity contribution in [2.24, 2.45) is 5.92 Å². The van der Waals surface area contributed by atoms with Crippen LogP contribution in [-0.4, -0.2) is 28.9 Å². The molecule has 0 spiro atoms. The van der Waals surface area contributed by atoms with E-state index in [1.54, 1.807) is 11.1 Å². The van der Waals surface area contributed by atoms with Gasteiger partial charge in [0.1, 0.15) is 5.56 Å². The molecular formula is C15H22N2O2. The van der Waals surface area contributed by atoms with Gasteiger partial charge in [0.05, 0.1) is 0 Å². The summed E-state index contributed by atoms with van der Waals surface area (Å²) in [5, 5.41) is 0. The maximum absolute atomic E-state index is 12.3. The molecule has 0 unspecified atom stereocenters. The van der Waals surface area contributed by atoms with Crippen LogP contribution in [0.15, 0.2) is 23.3 Å². The van der Waals surface area contributed by atoms with Gasteiger partial charge in [0.25, 0.3) is 5.91 Å². The number of pyridine rings is 1. The monoisotopic (exact) mass is 262 g/mol. The molecular weight excluding hydrogens is 240 g/mol. The fourth-order valence-corrected chi connectivity index (χ4v) is 2.88. The van der Waals surface area contributed by atoms with Crippen molar-refractivity contribution in [3.63, 3.8) is 0 Å². The van der Waals surface area contributed by atoms with E-state index in [2.05, 4.69) is 11.9 Å². The first-order valence-electron chi connectivity index (χ1n) is 7.07. The van der Waals surface area contributed by atoms with Gasteiger partial charge in [0, 0.05) is 31.5 Å². The van der Waals surface area contributed by atoms with Gasteiger partial charge < -0.3 is 9.88 Å². The lowest BCUT2D eigenvalue weighted by molar-refractivity contribution is 0.0673. The molecule has 1 heterocycles. The molecule has 1 amide bonds. The van der Waals surface area contributed by atoms with Crippen LogP contribution in [0.5, 0.6) is 0 Å². The fraction of sp³-hybridized carbons (Fsp3) is 0.600. The van der Waals surface area contributed by atoms with Crippen LogP contribution in [0.2, 0.25) is 0 Å². The molecule has 1 aliphatic rings. The molecule has 2 rings (SSSR count). The van der Waals surface area contributed by atoms with Crippen molar-refractivity contribution in [3.05, 3.63) is 34.2 Å². The summed E-state index contributed by atoms with van der Waals surface area (Å²) in [4.78, 5) is 28.6. The Morgan fingerprint density at radius 1 is 1.37 bits per heavy atom. The maximum Gasteiger partial charge on any atom is 0.259 e. The van der Waals surface area contributed by atoms with E-state index in [1.165, 1.54) is 31.5 Å². The lowest BCUT2D eigenvalue weighted by atomic mass is 9.84. The summed E-state index contributed by atoms with van der Waals surface area (Å²) >= 11 is 0. The van der Waals surface area contributed by atoms with Crippen molar-refractivity contribution in [1.82, 2.24) is 9.88 Å². The lowest BCUT2D eigenvalue weighted by Gasteiger charge is -2.34. The van der Waals surface area contributed by atoms with E-state index in [9.17, 15) is 9.59 Å². The molecule has 0 aromatic carbocycles.